The molecule has 1 aromatic heterocycles. The van der Waals surface area contributed by atoms with E-state index in [0.29, 0.717) is 18.2 Å². The maximum atomic E-state index is 11.4. The van der Waals surface area contributed by atoms with Gasteiger partial charge in [-0.15, -0.1) is 0 Å². The number of H-pyrrole nitrogens is 1. The van der Waals surface area contributed by atoms with Gasteiger partial charge in [-0.1, -0.05) is 6.92 Å². The molecule has 1 heterocycles. The Hall–Kier alpha value is -1.04. The second-order valence-electron chi connectivity index (χ2n) is 3.13. The SMILES string of the molecule is CSCC(C)CNC(=O)c1cn[nH]n1. The van der Waals surface area contributed by atoms with Gasteiger partial charge in [-0.3, -0.25) is 4.79 Å². The van der Waals surface area contributed by atoms with E-state index in [-0.39, 0.29) is 5.91 Å². The number of aromatic nitrogens is 3. The van der Waals surface area contributed by atoms with Crippen molar-refractivity contribution in [3.8, 4) is 0 Å². The molecule has 0 saturated carbocycles. The number of nitrogens with one attached hydrogen (secondary N) is 2. The van der Waals surface area contributed by atoms with Crippen LogP contribution in [-0.2, 0) is 0 Å². The van der Waals surface area contributed by atoms with Crippen LogP contribution in [0, 0.1) is 5.92 Å². The summed E-state index contributed by atoms with van der Waals surface area (Å²) in [5.41, 5.74) is 0.335. The van der Waals surface area contributed by atoms with Gasteiger partial charge >= 0.3 is 0 Å². The van der Waals surface area contributed by atoms with E-state index >= 15 is 0 Å². The number of aromatic amines is 1. The predicted molar refractivity (Wildman–Crippen MR) is 56.3 cm³/mol. The van der Waals surface area contributed by atoms with E-state index < -0.39 is 0 Å². The molecule has 0 aliphatic carbocycles. The first kappa shape index (κ1) is 11.0. The minimum absolute atomic E-state index is 0.174. The van der Waals surface area contributed by atoms with E-state index in [2.05, 4.69) is 33.9 Å². The summed E-state index contributed by atoms with van der Waals surface area (Å²) in [4.78, 5) is 11.4. The van der Waals surface area contributed by atoms with E-state index in [1.165, 1.54) is 6.20 Å². The predicted octanol–water partition coefficient (Wildman–Crippen LogP) is 0.534. The Morgan fingerprint density at radius 1 is 1.79 bits per heavy atom. The van der Waals surface area contributed by atoms with Gasteiger partial charge < -0.3 is 5.32 Å². The van der Waals surface area contributed by atoms with Crippen molar-refractivity contribution in [1.82, 2.24) is 20.7 Å². The molecule has 1 atom stereocenters. The van der Waals surface area contributed by atoms with Crippen LogP contribution in [0.1, 0.15) is 17.4 Å². The van der Waals surface area contributed by atoms with Gasteiger partial charge in [0.1, 0.15) is 0 Å². The fourth-order valence-corrected chi connectivity index (χ4v) is 1.70. The molecule has 0 aliphatic heterocycles. The molecule has 0 saturated heterocycles. The number of nitrogens with zero attached hydrogens (tertiary/aromatic N) is 2. The number of hydrogen-bond acceptors (Lipinski definition) is 4. The molecular weight excluding hydrogens is 200 g/mol. The molecular formula is C8H14N4OS. The first-order valence-electron chi connectivity index (χ1n) is 4.37. The second kappa shape index (κ2) is 5.64. The molecule has 6 heteroatoms. The fourth-order valence-electron chi connectivity index (χ4n) is 1.01. The molecule has 0 spiro atoms. The van der Waals surface area contributed by atoms with Crippen molar-refractivity contribution in [1.29, 1.82) is 0 Å². The first-order chi connectivity index (χ1) is 6.74. The van der Waals surface area contributed by atoms with Crippen molar-refractivity contribution in [2.45, 2.75) is 6.92 Å². The topological polar surface area (TPSA) is 70.7 Å². The minimum Gasteiger partial charge on any atom is -0.350 e. The summed E-state index contributed by atoms with van der Waals surface area (Å²) in [6.07, 6.45) is 3.46. The van der Waals surface area contributed by atoms with E-state index in [9.17, 15) is 4.79 Å². The van der Waals surface area contributed by atoms with Crippen molar-refractivity contribution in [3.05, 3.63) is 11.9 Å². The average molecular weight is 214 g/mol. The van der Waals surface area contributed by atoms with Gasteiger partial charge in [0.05, 0.1) is 6.20 Å². The molecule has 5 nitrogen and oxygen atoms in total. The van der Waals surface area contributed by atoms with Crippen LogP contribution in [0.5, 0.6) is 0 Å². The van der Waals surface area contributed by atoms with Gasteiger partial charge in [-0.25, -0.2) is 0 Å². The number of rotatable bonds is 5. The third kappa shape index (κ3) is 3.37. The summed E-state index contributed by atoms with van der Waals surface area (Å²) in [7, 11) is 0. The van der Waals surface area contributed by atoms with Crippen LogP contribution in [0.25, 0.3) is 0 Å². The molecule has 78 valence electrons. The smallest absolute Gasteiger partial charge is 0.273 e. The van der Waals surface area contributed by atoms with E-state index in [1.54, 1.807) is 11.8 Å². The van der Waals surface area contributed by atoms with Crippen molar-refractivity contribution in [2.75, 3.05) is 18.6 Å². The molecule has 0 radical (unpaired) electrons. The van der Waals surface area contributed by atoms with Crippen molar-refractivity contribution >= 4 is 17.7 Å². The molecule has 0 fully saturated rings. The molecule has 14 heavy (non-hydrogen) atoms. The van der Waals surface area contributed by atoms with Crippen LogP contribution >= 0.6 is 11.8 Å². The lowest BCUT2D eigenvalue weighted by Gasteiger charge is -2.09. The van der Waals surface area contributed by atoms with Gasteiger partial charge in [-0.05, 0) is 17.9 Å². The van der Waals surface area contributed by atoms with Crippen molar-refractivity contribution < 1.29 is 4.79 Å². The Bertz CT molecular complexity index is 275. The Kier molecular flexibility index (Phi) is 4.45. The largest absolute Gasteiger partial charge is 0.350 e. The Labute approximate surface area is 87.0 Å². The van der Waals surface area contributed by atoms with Gasteiger partial charge in [0.2, 0.25) is 0 Å². The molecule has 2 N–H and O–H groups in total. The summed E-state index contributed by atoms with van der Waals surface area (Å²) in [6.45, 7) is 2.77. The van der Waals surface area contributed by atoms with Crippen LogP contribution in [0.3, 0.4) is 0 Å². The highest BCUT2D eigenvalue weighted by molar-refractivity contribution is 7.98. The standard InChI is InChI=1S/C8H14N4OS/c1-6(5-14-2)3-9-8(13)7-4-10-12-11-7/h4,6H,3,5H2,1-2H3,(H,9,13)(H,10,11,12). The molecule has 1 aromatic rings. The van der Waals surface area contributed by atoms with Crippen LogP contribution < -0.4 is 5.32 Å². The molecule has 1 unspecified atom stereocenters. The summed E-state index contributed by atoms with van der Waals surface area (Å²) >= 11 is 1.77. The van der Waals surface area contributed by atoms with Crippen molar-refractivity contribution in [3.63, 3.8) is 0 Å². The number of amides is 1. The summed E-state index contributed by atoms with van der Waals surface area (Å²) in [6, 6.07) is 0. The quantitative estimate of drug-likeness (QED) is 0.750. The molecule has 1 rings (SSSR count). The Morgan fingerprint density at radius 3 is 3.14 bits per heavy atom. The summed E-state index contributed by atoms with van der Waals surface area (Å²) in [5, 5.41) is 12.4. The van der Waals surface area contributed by atoms with Crippen LogP contribution in [-0.4, -0.2) is 39.9 Å². The van der Waals surface area contributed by atoms with Crippen LogP contribution in [0.15, 0.2) is 6.20 Å². The van der Waals surface area contributed by atoms with Gasteiger partial charge in [0.25, 0.3) is 5.91 Å². The van der Waals surface area contributed by atoms with E-state index in [0.717, 1.165) is 5.75 Å². The summed E-state index contributed by atoms with van der Waals surface area (Å²) < 4.78 is 0. The fraction of sp³-hybridized carbons (Fsp3) is 0.625. The number of carbonyl (C=O) groups excluding carboxylic acids is 1. The van der Waals surface area contributed by atoms with Crippen molar-refractivity contribution in [2.24, 2.45) is 5.92 Å². The third-order valence-electron chi connectivity index (χ3n) is 1.71. The third-order valence-corrected chi connectivity index (χ3v) is 2.61. The number of carbonyl (C=O) groups is 1. The lowest BCUT2D eigenvalue weighted by atomic mass is 10.2. The normalized spacial score (nSPS) is 12.4. The molecule has 0 aliphatic rings. The van der Waals surface area contributed by atoms with E-state index in [4.69, 9.17) is 0 Å². The summed E-state index contributed by atoms with van der Waals surface area (Å²) in [5.74, 6) is 1.34. The Balaban J connectivity index is 2.28. The van der Waals surface area contributed by atoms with Gasteiger partial charge in [-0.2, -0.15) is 27.2 Å². The zero-order valence-corrected chi connectivity index (χ0v) is 9.10. The van der Waals surface area contributed by atoms with Gasteiger partial charge in [0, 0.05) is 6.54 Å². The molecule has 0 bridgehead atoms. The minimum atomic E-state index is -0.174. The van der Waals surface area contributed by atoms with Gasteiger partial charge in [0.15, 0.2) is 5.69 Å². The first-order valence-corrected chi connectivity index (χ1v) is 5.76. The van der Waals surface area contributed by atoms with Crippen LogP contribution in [0.4, 0.5) is 0 Å². The average Bonchev–Trinajstić information content (AvgIpc) is 2.67. The van der Waals surface area contributed by atoms with E-state index in [1.807, 2.05) is 0 Å². The lowest BCUT2D eigenvalue weighted by Crippen LogP contribution is -2.29. The molecule has 0 aromatic carbocycles. The number of hydrogen-bond donors (Lipinski definition) is 2. The zero-order valence-electron chi connectivity index (χ0n) is 8.28. The van der Waals surface area contributed by atoms with Crippen LogP contribution in [0.2, 0.25) is 0 Å². The lowest BCUT2D eigenvalue weighted by molar-refractivity contribution is 0.0944. The maximum absolute atomic E-state index is 11.4. The highest BCUT2D eigenvalue weighted by Crippen LogP contribution is 2.02. The highest BCUT2D eigenvalue weighted by atomic mass is 32.2. The second-order valence-corrected chi connectivity index (χ2v) is 4.04. The molecule has 1 amide bonds. The number of thioether (sulfide) groups is 1. The Morgan fingerprint density at radius 2 is 2.57 bits per heavy atom. The highest BCUT2D eigenvalue weighted by Gasteiger charge is 2.09. The monoisotopic (exact) mass is 214 g/mol. The maximum Gasteiger partial charge on any atom is 0.273 e. The zero-order chi connectivity index (χ0) is 10.4.